The Kier molecular flexibility index (Phi) is 4.98. The molecule has 0 aliphatic heterocycles. The summed E-state index contributed by atoms with van der Waals surface area (Å²) in [5, 5.41) is 0. The molecular weight excluding hydrogens is 268 g/mol. The second kappa shape index (κ2) is 6.92. The number of aromatic nitrogens is 2. The zero-order valence-electron chi connectivity index (χ0n) is 12.6. The minimum Gasteiger partial charge on any atom is -0.496 e. The molecule has 1 aromatic heterocycles. The molecule has 0 aliphatic carbocycles. The lowest BCUT2D eigenvalue weighted by molar-refractivity contribution is -0.142. The van der Waals surface area contributed by atoms with E-state index in [0.717, 1.165) is 22.6 Å². The third-order valence-electron chi connectivity index (χ3n) is 3.24. The summed E-state index contributed by atoms with van der Waals surface area (Å²) in [5.41, 5.74) is 3.07. The van der Waals surface area contributed by atoms with Crippen molar-refractivity contribution in [3.63, 3.8) is 0 Å². The van der Waals surface area contributed by atoms with Gasteiger partial charge >= 0.3 is 5.97 Å². The van der Waals surface area contributed by atoms with Gasteiger partial charge in [-0.05, 0) is 31.0 Å². The van der Waals surface area contributed by atoms with E-state index in [1.807, 2.05) is 23.6 Å². The van der Waals surface area contributed by atoms with E-state index in [0.29, 0.717) is 13.2 Å². The van der Waals surface area contributed by atoms with Crippen LogP contribution in [-0.4, -0.2) is 29.2 Å². The second-order valence-electron chi connectivity index (χ2n) is 4.80. The van der Waals surface area contributed by atoms with Gasteiger partial charge in [-0.15, -0.1) is 0 Å². The molecule has 5 nitrogen and oxygen atoms in total. The van der Waals surface area contributed by atoms with E-state index < -0.39 is 0 Å². The molecule has 1 heterocycles. The number of methoxy groups -OCH3 is 1. The van der Waals surface area contributed by atoms with Crippen LogP contribution in [0.25, 0.3) is 0 Å². The molecule has 0 radical (unpaired) electrons. The van der Waals surface area contributed by atoms with Crippen molar-refractivity contribution in [1.82, 2.24) is 9.55 Å². The van der Waals surface area contributed by atoms with Crippen LogP contribution in [0.4, 0.5) is 0 Å². The predicted octanol–water partition coefficient (Wildman–Crippen LogP) is 2.35. The summed E-state index contributed by atoms with van der Waals surface area (Å²) in [6.45, 7) is 4.87. The van der Waals surface area contributed by atoms with Crippen molar-refractivity contribution >= 4 is 5.97 Å². The molecule has 0 unspecified atom stereocenters. The van der Waals surface area contributed by atoms with Gasteiger partial charge < -0.3 is 14.0 Å². The number of benzene rings is 1. The summed E-state index contributed by atoms with van der Waals surface area (Å²) in [7, 11) is 1.66. The number of ether oxygens (including phenoxy) is 2. The summed E-state index contributed by atoms with van der Waals surface area (Å²) in [5.74, 6) is 0.640. The molecule has 21 heavy (non-hydrogen) atoms. The summed E-state index contributed by atoms with van der Waals surface area (Å²) in [6, 6.07) is 6.04. The second-order valence-corrected chi connectivity index (χ2v) is 4.80. The Labute approximate surface area is 124 Å². The fraction of sp³-hybridized carbons (Fsp3) is 0.375. The number of carbonyl (C=O) groups is 1. The first-order chi connectivity index (χ1) is 10.1. The average Bonchev–Trinajstić information content (AvgIpc) is 2.86. The lowest BCUT2D eigenvalue weighted by Gasteiger charge is -2.10. The van der Waals surface area contributed by atoms with Crippen LogP contribution >= 0.6 is 0 Å². The smallest absolute Gasteiger partial charge is 0.311 e. The Balaban J connectivity index is 2.11. The van der Waals surface area contributed by atoms with E-state index in [1.54, 1.807) is 26.6 Å². The van der Waals surface area contributed by atoms with Crippen LogP contribution in [0.3, 0.4) is 0 Å². The van der Waals surface area contributed by atoms with E-state index in [4.69, 9.17) is 9.47 Å². The summed E-state index contributed by atoms with van der Waals surface area (Å²) < 4.78 is 12.2. The van der Waals surface area contributed by atoms with Crippen molar-refractivity contribution in [1.29, 1.82) is 0 Å². The van der Waals surface area contributed by atoms with Crippen LogP contribution in [0.2, 0.25) is 0 Å². The summed E-state index contributed by atoms with van der Waals surface area (Å²) in [4.78, 5) is 15.7. The lowest BCUT2D eigenvalue weighted by atomic mass is 10.1. The first-order valence-corrected chi connectivity index (χ1v) is 6.92. The van der Waals surface area contributed by atoms with Crippen molar-refractivity contribution in [2.75, 3.05) is 13.7 Å². The zero-order chi connectivity index (χ0) is 15.2. The van der Waals surface area contributed by atoms with Gasteiger partial charge in [0, 0.05) is 18.4 Å². The van der Waals surface area contributed by atoms with Crippen LogP contribution in [0.15, 0.2) is 30.7 Å². The van der Waals surface area contributed by atoms with Crippen LogP contribution < -0.4 is 4.74 Å². The van der Waals surface area contributed by atoms with E-state index in [-0.39, 0.29) is 12.4 Å². The van der Waals surface area contributed by atoms with Crippen molar-refractivity contribution in [3.8, 4) is 5.75 Å². The lowest BCUT2D eigenvalue weighted by Crippen LogP contribution is -2.12. The van der Waals surface area contributed by atoms with E-state index in [1.165, 1.54) is 0 Å². The average molecular weight is 288 g/mol. The van der Waals surface area contributed by atoms with Crippen LogP contribution in [0, 0.1) is 6.92 Å². The fourth-order valence-electron chi connectivity index (χ4n) is 2.23. The standard InChI is InChI=1S/C16H20N2O3/c1-4-21-16(19)8-14-9-17-11-18(14)10-13-5-6-15(20-3)12(2)7-13/h5-7,9,11H,4,8,10H2,1-3H3. The summed E-state index contributed by atoms with van der Waals surface area (Å²) in [6.07, 6.45) is 3.67. The zero-order valence-corrected chi connectivity index (χ0v) is 12.6. The maximum absolute atomic E-state index is 11.6. The molecule has 5 heteroatoms. The van der Waals surface area contributed by atoms with E-state index >= 15 is 0 Å². The highest BCUT2D eigenvalue weighted by atomic mass is 16.5. The molecule has 2 rings (SSSR count). The monoisotopic (exact) mass is 288 g/mol. The molecule has 0 fully saturated rings. The normalized spacial score (nSPS) is 10.4. The van der Waals surface area contributed by atoms with Crippen LogP contribution in [0.5, 0.6) is 5.75 Å². The number of aryl methyl sites for hydroxylation is 1. The first kappa shape index (κ1) is 15.1. The Bertz CT molecular complexity index is 620. The Morgan fingerprint density at radius 3 is 2.86 bits per heavy atom. The van der Waals surface area contributed by atoms with Crippen molar-refractivity contribution in [3.05, 3.63) is 47.5 Å². The van der Waals surface area contributed by atoms with E-state index in [2.05, 4.69) is 11.1 Å². The number of rotatable bonds is 6. The summed E-state index contributed by atoms with van der Waals surface area (Å²) >= 11 is 0. The quantitative estimate of drug-likeness (QED) is 0.766. The molecule has 0 saturated heterocycles. The topological polar surface area (TPSA) is 53.3 Å². The van der Waals surface area contributed by atoms with Gasteiger partial charge in [0.15, 0.2) is 0 Å². The van der Waals surface area contributed by atoms with Gasteiger partial charge in [0.25, 0.3) is 0 Å². The largest absolute Gasteiger partial charge is 0.496 e. The highest BCUT2D eigenvalue weighted by Gasteiger charge is 2.10. The molecule has 0 atom stereocenters. The highest BCUT2D eigenvalue weighted by molar-refractivity contribution is 5.71. The van der Waals surface area contributed by atoms with E-state index in [9.17, 15) is 4.79 Å². The number of esters is 1. The van der Waals surface area contributed by atoms with Gasteiger partial charge in [-0.2, -0.15) is 0 Å². The van der Waals surface area contributed by atoms with Gasteiger partial charge in [0.1, 0.15) is 5.75 Å². The van der Waals surface area contributed by atoms with Crippen molar-refractivity contribution in [2.24, 2.45) is 0 Å². The molecule has 112 valence electrons. The SMILES string of the molecule is CCOC(=O)Cc1cncn1Cc1ccc(OC)c(C)c1. The predicted molar refractivity (Wildman–Crippen MR) is 79.4 cm³/mol. The molecule has 1 aromatic carbocycles. The molecular formula is C16H20N2O3. The maximum atomic E-state index is 11.6. The molecule has 2 aromatic rings. The van der Waals surface area contributed by atoms with Crippen molar-refractivity contribution < 1.29 is 14.3 Å². The van der Waals surface area contributed by atoms with Crippen LogP contribution in [-0.2, 0) is 22.5 Å². The Morgan fingerprint density at radius 1 is 1.38 bits per heavy atom. The van der Waals surface area contributed by atoms with Gasteiger partial charge in [-0.1, -0.05) is 12.1 Å². The molecule has 0 bridgehead atoms. The third kappa shape index (κ3) is 3.84. The molecule has 0 aliphatic rings. The minimum atomic E-state index is -0.231. The number of hydrogen-bond donors (Lipinski definition) is 0. The molecule has 0 amide bonds. The molecule has 0 saturated carbocycles. The number of imidazole rings is 1. The Hall–Kier alpha value is -2.30. The highest BCUT2D eigenvalue weighted by Crippen LogP contribution is 2.19. The van der Waals surface area contributed by atoms with Crippen molar-refractivity contribution in [2.45, 2.75) is 26.8 Å². The maximum Gasteiger partial charge on any atom is 0.311 e. The van der Waals surface area contributed by atoms with Gasteiger partial charge in [0.2, 0.25) is 0 Å². The fourth-order valence-corrected chi connectivity index (χ4v) is 2.23. The minimum absolute atomic E-state index is 0.231. The first-order valence-electron chi connectivity index (χ1n) is 6.92. The van der Waals surface area contributed by atoms with Crippen LogP contribution in [0.1, 0.15) is 23.7 Å². The third-order valence-corrected chi connectivity index (χ3v) is 3.24. The Morgan fingerprint density at radius 2 is 2.19 bits per heavy atom. The van der Waals surface area contributed by atoms with Gasteiger partial charge in [0.05, 0.1) is 26.5 Å². The number of nitrogens with zero attached hydrogens (tertiary/aromatic N) is 2. The number of hydrogen-bond acceptors (Lipinski definition) is 4. The van der Waals surface area contributed by atoms with Gasteiger partial charge in [-0.25, -0.2) is 4.98 Å². The number of carbonyl (C=O) groups excluding carboxylic acids is 1. The van der Waals surface area contributed by atoms with Gasteiger partial charge in [-0.3, -0.25) is 4.79 Å². The molecule has 0 N–H and O–H groups in total. The molecule has 0 spiro atoms.